The summed E-state index contributed by atoms with van der Waals surface area (Å²) in [4.78, 5) is 33.6. The SMILES string of the molecule is CC(=O)CC(C)CC(CC(C)=O)CC(C)CC(C)=O. The van der Waals surface area contributed by atoms with Crippen molar-refractivity contribution in [3.05, 3.63) is 0 Å². The Bertz CT molecular complexity index is 296. The molecule has 0 fully saturated rings. The van der Waals surface area contributed by atoms with Crippen LogP contribution in [-0.2, 0) is 14.4 Å². The summed E-state index contributed by atoms with van der Waals surface area (Å²) in [6, 6.07) is 0. The van der Waals surface area contributed by atoms with Crippen molar-refractivity contribution >= 4 is 17.3 Å². The smallest absolute Gasteiger partial charge is 0.130 e. The average Bonchev–Trinajstić information content (AvgIpc) is 2.11. The normalized spacial score (nSPS) is 15.6. The van der Waals surface area contributed by atoms with Crippen LogP contribution in [0.5, 0.6) is 0 Å². The summed E-state index contributed by atoms with van der Waals surface area (Å²) >= 11 is 0. The minimum Gasteiger partial charge on any atom is -0.300 e. The van der Waals surface area contributed by atoms with Crippen LogP contribution in [0.1, 0.15) is 66.7 Å². The molecule has 0 aromatic rings. The quantitative estimate of drug-likeness (QED) is 0.608. The molecule has 19 heavy (non-hydrogen) atoms. The molecule has 0 aliphatic rings. The van der Waals surface area contributed by atoms with Crippen molar-refractivity contribution in [1.82, 2.24) is 0 Å². The van der Waals surface area contributed by atoms with E-state index >= 15 is 0 Å². The van der Waals surface area contributed by atoms with Crippen LogP contribution in [0, 0.1) is 17.8 Å². The molecule has 2 unspecified atom stereocenters. The fraction of sp³-hybridized carbons (Fsp3) is 0.812. The molecule has 2 atom stereocenters. The van der Waals surface area contributed by atoms with Crippen LogP contribution in [0.4, 0.5) is 0 Å². The highest BCUT2D eigenvalue weighted by Crippen LogP contribution is 2.26. The first-order valence-electron chi connectivity index (χ1n) is 7.19. The molecule has 110 valence electrons. The van der Waals surface area contributed by atoms with Gasteiger partial charge in [-0.3, -0.25) is 0 Å². The minimum atomic E-state index is 0.190. The monoisotopic (exact) mass is 268 g/mol. The summed E-state index contributed by atoms with van der Waals surface area (Å²) in [5.41, 5.74) is 0. The fourth-order valence-electron chi connectivity index (χ4n) is 2.96. The molecule has 0 aromatic heterocycles. The molecule has 3 nitrogen and oxygen atoms in total. The lowest BCUT2D eigenvalue weighted by atomic mass is 9.82. The van der Waals surface area contributed by atoms with E-state index in [0.717, 1.165) is 12.8 Å². The molecule has 0 bridgehead atoms. The van der Waals surface area contributed by atoms with Gasteiger partial charge in [0.1, 0.15) is 17.3 Å². The van der Waals surface area contributed by atoms with Crippen LogP contribution in [0.2, 0.25) is 0 Å². The zero-order chi connectivity index (χ0) is 15.0. The van der Waals surface area contributed by atoms with Gasteiger partial charge in [0.25, 0.3) is 0 Å². The van der Waals surface area contributed by atoms with E-state index in [1.807, 2.05) is 0 Å². The fourth-order valence-corrected chi connectivity index (χ4v) is 2.96. The van der Waals surface area contributed by atoms with E-state index in [1.165, 1.54) is 0 Å². The predicted octanol–water partition coefficient (Wildman–Crippen LogP) is 3.59. The molecule has 0 heterocycles. The largest absolute Gasteiger partial charge is 0.300 e. The van der Waals surface area contributed by atoms with Crippen LogP contribution in [-0.4, -0.2) is 17.3 Å². The Hall–Kier alpha value is -0.990. The van der Waals surface area contributed by atoms with Crippen molar-refractivity contribution < 1.29 is 14.4 Å². The summed E-state index contributed by atoms with van der Waals surface area (Å²) in [7, 11) is 0. The van der Waals surface area contributed by atoms with Crippen LogP contribution in [0.15, 0.2) is 0 Å². The molecule has 0 radical (unpaired) electrons. The molecule has 0 rings (SSSR count). The van der Waals surface area contributed by atoms with Gasteiger partial charge in [-0.1, -0.05) is 13.8 Å². The Labute approximate surface area is 117 Å². The Morgan fingerprint density at radius 1 is 0.684 bits per heavy atom. The van der Waals surface area contributed by atoms with Crippen molar-refractivity contribution in [2.75, 3.05) is 0 Å². The van der Waals surface area contributed by atoms with Gasteiger partial charge in [0.15, 0.2) is 0 Å². The van der Waals surface area contributed by atoms with Crippen LogP contribution in [0.25, 0.3) is 0 Å². The third-order valence-corrected chi connectivity index (χ3v) is 3.32. The summed E-state index contributed by atoms with van der Waals surface area (Å²) in [5, 5.41) is 0. The van der Waals surface area contributed by atoms with E-state index in [1.54, 1.807) is 20.8 Å². The van der Waals surface area contributed by atoms with Gasteiger partial charge in [-0.25, -0.2) is 0 Å². The van der Waals surface area contributed by atoms with Gasteiger partial charge in [0, 0.05) is 19.3 Å². The third kappa shape index (κ3) is 10.6. The van der Waals surface area contributed by atoms with Crippen molar-refractivity contribution in [1.29, 1.82) is 0 Å². The Balaban J connectivity index is 4.40. The van der Waals surface area contributed by atoms with Crippen molar-refractivity contribution in [3.8, 4) is 0 Å². The van der Waals surface area contributed by atoms with Crippen LogP contribution < -0.4 is 0 Å². The molecule has 0 aliphatic heterocycles. The highest BCUT2D eigenvalue weighted by atomic mass is 16.1. The van der Waals surface area contributed by atoms with Gasteiger partial charge in [-0.15, -0.1) is 0 Å². The van der Waals surface area contributed by atoms with E-state index in [-0.39, 0.29) is 17.3 Å². The molecule has 0 N–H and O–H groups in total. The van der Waals surface area contributed by atoms with Gasteiger partial charge in [0.2, 0.25) is 0 Å². The summed E-state index contributed by atoms with van der Waals surface area (Å²) in [6.07, 6.45) is 3.50. The molecule has 0 aromatic carbocycles. The first-order chi connectivity index (χ1) is 8.70. The number of hydrogen-bond acceptors (Lipinski definition) is 3. The maximum atomic E-state index is 11.3. The second kappa shape index (κ2) is 9.00. The Kier molecular flexibility index (Phi) is 8.53. The third-order valence-electron chi connectivity index (χ3n) is 3.32. The maximum absolute atomic E-state index is 11.3. The van der Waals surface area contributed by atoms with Gasteiger partial charge >= 0.3 is 0 Å². The second-order valence-electron chi connectivity index (χ2n) is 6.27. The maximum Gasteiger partial charge on any atom is 0.130 e. The average molecular weight is 268 g/mol. The predicted molar refractivity (Wildman–Crippen MR) is 76.9 cm³/mol. The second-order valence-corrected chi connectivity index (χ2v) is 6.27. The summed E-state index contributed by atoms with van der Waals surface area (Å²) in [5.74, 6) is 1.51. The molecule has 0 saturated heterocycles. The Morgan fingerprint density at radius 2 is 1.00 bits per heavy atom. The van der Waals surface area contributed by atoms with Crippen LogP contribution >= 0.6 is 0 Å². The molecule has 3 heteroatoms. The van der Waals surface area contributed by atoms with E-state index in [0.29, 0.717) is 37.0 Å². The number of ketones is 3. The molecule has 0 saturated carbocycles. The van der Waals surface area contributed by atoms with Gasteiger partial charge in [-0.05, 0) is 51.4 Å². The summed E-state index contributed by atoms with van der Waals surface area (Å²) < 4.78 is 0. The van der Waals surface area contributed by atoms with Gasteiger partial charge < -0.3 is 14.4 Å². The number of carbonyl (C=O) groups is 3. The lowest BCUT2D eigenvalue weighted by Crippen LogP contribution is -2.16. The van der Waals surface area contributed by atoms with Gasteiger partial charge in [0.05, 0.1) is 0 Å². The molecular weight excluding hydrogens is 240 g/mol. The Morgan fingerprint density at radius 3 is 1.26 bits per heavy atom. The van der Waals surface area contributed by atoms with E-state index in [2.05, 4.69) is 13.8 Å². The highest BCUT2D eigenvalue weighted by molar-refractivity contribution is 5.76. The van der Waals surface area contributed by atoms with Crippen LogP contribution in [0.3, 0.4) is 0 Å². The summed E-state index contributed by atoms with van der Waals surface area (Å²) in [6.45, 7) is 8.94. The van der Waals surface area contributed by atoms with E-state index in [9.17, 15) is 14.4 Å². The van der Waals surface area contributed by atoms with E-state index < -0.39 is 0 Å². The molecule has 0 spiro atoms. The number of rotatable bonds is 10. The lowest BCUT2D eigenvalue weighted by molar-refractivity contribution is -0.118. The molecule has 0 aliphatic carbocycles. The zero-order valence-electron chi connectivity index (χ0n) is 13.0. The number of Topliss-reactive ketones (excluding diaryl/α,β-unsaturated/α-hetero) is 3. The lowest BCUT2D eigenvalue weighted by Gasteiger charge is -2.22. The van der Waals surface area contributed by atoms with Crippen molar-refractivity contribution in [3.63, 3.8) is 0 Å². The molecular formula is C16H28O3. The minimum absolute atomic E-state index is 0.190. The van der Waals surface area contributed by atoms with Crippen molar-refractivity contribution in [2.45, 2.75) is 66.7 Å². The highest BCUT2D eigenvalue weighted by Gasteiger charge is 2.19. The zero-order valence-corrected chi connectivity index (χ0v) is 13.0. The molecule has 0 amide bonds. The first-order valence-corrected chi connectivity index (χ1v) is 7.19. The van der Waals surface area contributed by atoms with Gasteiger partial charge in [-0.2, -0.15) is 0 Å². The van der Waals surface area contributed by atoms with Crippen molar-refractivity contribution in [2.24, 2.45) is 17.8 Å². The first kappa shape index (κ1) is 18.0. The topological polar surface area (TPSA) is 51.2 Å². The number of hydrogen-bond donors (Lipinski definition) is 0. The number of carbonyl (C=O) groups excluding carboxylic acids is 3. The standard InChI is InChI=1S/C16H28O3/c1-11(6-13(3)17)8-16(10-15(5)19)9-12(2)7-14(4)18/h11-12,16H,6-10H2,1-5H3. The van der Waals surface area contributed by atoms with E-state index in [4.69, 9.17) is 0 Å².